The average molecular weight is 339 g/mol. The van der Waals surface area contributed by atoms with Crippen molar-refractivity contribution in [1.29, 1.82) is 0 Å². The topological polar surface area (TPSA) is 83.5 Å². The molecule has 0 fully saturated rings. The number of amides is 1. The number of unbranched alkanes of at least 4 members (excludes halogenated alkanes) is 2. The maximum atomic E-state index is 12.6. The second kappa shape index (κ2) is 9.37. The van der Waals surface area contributed by atoms with Gasteiger partial charge in [-0.25, -0.2) is 0 Å². The van der Waals surface area contributed by atoms with Crippen LogP contribution in [0.15, 0.2) is 54.6 Å². The van der Waals surface area contributed by atoms with Gasteiger partial charge in [-0.15, -0.1) is 0 Å². The molecule has 2 rings (SSSR count). The van der Waals surface area contributed by atoms with Crippen molar-refractivity contribution < 1.29 is 19.5 Å². The van der Waals surface area contributed by atoms with Crippen LogP contribution in [0.4, 0.5) is 0 Å². The molecule has 0 aliphatic rings. The molecule has 0 atom stereocenters. The van der Waals surface area contributed by atoms with E-state index in [0.29, 0.717) is 36.1 Å². The fourth-order valence-electron chi connectivity index (χ4n) is 2.50. The number of hydrogen-bond donors (Lipinski definition) is 2. The van der Waals surface area contributed by atoms with Crippen LogP contribution in [0.3, 0.4) is 0 Å². The van der Waals surface area contributed by atoms with Crippen molar-refractivity contribution in [2.45, 2.75) is 25.7 Å². The molecule has 0 saturated heterocycles. The smallest absolute Gasteiger partial charge is 0.303 e. The molecule has 1 amide bonds. The molecule has 2 N–H and O–H groups in total. The zero-order valence-electron chi connectivity index (χ0n) is 13.9. The average Bonchev–Trinajstić information content (AvgIpc) is 2.64. The van der Waals surface area contributed by atoms with Crippen LogP contribution >= 0.6 is 0 Å². The van der Waals surface area contributed by atoms with Gasteiger partial charge in [0.15, 0.2) is 5.78 Å². The fraction of sp³-hybridized carbons (Fsp3) is 0.250. The molecule has 0 aromatic heterocycles. The summed E-state index contributed by atoms with van der Waals surface area (Å²) in [4.78, 5) is 35.4. The van der Waals surface area contributed by atoms with Gasteiger partial charge >= 0.3 is 5.97 Å². The predicted octanol–water partition coefficient (Wildman–Crippen LogP) is 3.29. The van der Waals surface area contributed by atoms with Gasteiger partial charge in [-0.2, -0.15) is 0 Å². The van der Waals surface area contributed by atoms with Gasteiger partial charge in [-0.3, -0.25) is 14.4 Å². The van der Waals surface area contributed by atoms with E-state index >= 15 is 0 Å². The molecule has 2 aromatic rings. The van der Waals surface area contributed by atoms with Gasteiger partial charge < -0.3 is 10.4 Å². The first kappa shape index (κ1) is 18.4. The second-order valence-electron chi connectivity index (χ2n) is 5.70. The number of carbonyl (C=O) groups excluding carboxylic acids is 2. The summed E-state index contributed by atoms with van der Waals surface area (Å²) < 4.78 is 0. The van der Waals surface area contributed by atoms with E-state index in [1.165, 1.54) is 0 Å². The van der Waals surface area contributed by atoms with Crippen molar-refractivity contribution in [2.24, 2.45) is 0 Å². The first-order chi connectivity index (χ1) is 12.1. The molecule has 0 saturated carbocycles. The van der Waals surface area contributed by atoms with E-state index in [9.17, 15) is 14.4 Å². The quantitative estimate of drug-likeness (QED) is 0.542. The van der Waals surface area contributed by atoms with Gasteiger partial charge in [0.25, 0.3) is 5.91 Å². The van der Waals surface area contributed by atoms with Crippen LogP contribution < -0.4 is 5.32 Å². The van der Waals surface area contributed by atoms with Crippen LogP contribution in [0.1, 0.15) is 52.0 Å². The maximum absolute atomic E-state index is 12.6. The molecule has 5 nitrogen and oxygen atoms in total. The van der Waals surface area contributed by atoms with Crippen LogP contribution in [0, 0.1) is 0 Å². The Bertz CT molecular complexity index is 740. The Morgan fingerprint density at radius 1 is 0.800 bits per heavy atom. The summed E-state index contributed by atoms with van der Waals surface area (Å²) in [6.07, 6.45) is 2.17. The largest absolute Gasteiger partial charge is 0.481 e. The van der Waals surface area contributed by atoms with E-state index in [4.69, 9.17) is 5.11 Å². The van der Waals surface area contributed by atoms with Crippen LogP contribution in [-0.2, 0) is 4.79 Å². The Kier molecular flexibility index (Phi) is 6.89. The number of nitrogens with one attached hydrogen (secondary N) is 1. The Hall–Kier alpha value is -2.95. The molecule has 0 unspecified atom stereocenters. The molecule has 0 radical (unpaired) electrons. The number of carboxylic acids is 1. The summed E-state index contributed by atoms with van der Waals surface area (Å²) >= 11 is 0. The standard InChI is InChI=1S/C20H21NO4/c22-18(23)13-5-2-8-14-21-20(25)17-12-7-6-11-16(17)19(24)15-9-3-1-4-10-15/h1,3-4,6-7,9-12H,2,5,8,13-14H2,(H,21,25)(H,22,23). The fourth-order valence-corrected chi connectivity index (χ4v) is 2.50. The Morgan fingerprint density at radius 3 is 2.12 bits per heavy atom. The van der Waals surface area contributed by atoms with Gasteiger partial charge in [0.2, 0.25) is 0 Å². The lowest BCUT2D eigenvalue weighted by molar-refractivity contribution is -0.137. The molecule has 130 valence electrons. The monoisotopic (exact) mass is 339 g/mol. The summed E-state index contributed by atoms with van der Waals surface area (Å²) in [5.74, 6) is -1.29. The highest BCUT2D eigenvalue weighted by atomic mass is 16.4. The Labute approximate surface area is 146 Å². The number of ketones is 1. The third kappa shape index (κ3) is 5.57. The zero-order chi connectivity index (χ0) is 18.1. The molecule has 25 heavy (non-hydrogen) atoms. The molecular formula is C20H21NO4. The van der Waals surface area contributed by atoms with E-state index in [0.717, 1.165) is 6.42 Å². The van der Waals surface area contributed by atoms with Crippen LogP contribution in [0.2, 0.25) is 0 Å². The lowest BCUT2D eigenvalue weighted by Crippen LogP contribution is -2.26. The first-order valence-corrected chi connectivity index (χ1v) is 8.28. The normalized spacial score (nSPS) is 10.2. The van der Waals surface area contributed by atoms with E-state index in [-0.39, 0.29) is 18.1 Å². The van der Waals surface area contributed by atoms with Crippen molar-refractivity contribution in [3.8, 4) is 0 Å². The van der Waals surface area contributed by atoms with E-state index in [1.807, 2.05) is 6.07 Å². The van der Waals surface area contributed by atoms with Crippen LogP contribution in [-0.4, -0.2) is 29.3 Å². The minimum absolute atomic E-state index is 0.141. The molecule has 0 aliphatic carbocycles. The molecule has 5 heteroatoms. The lowest BCUT2D eigenvalue weighted by Gasteiger charge is -2.09. The van der Waals surface area contributed by atoms with Crippen molar-refractivity contribution in [3.63, 3.8) is 0 Å². The van der Waals surface area contributed by atoms with Crippen LogP contribution in [0.25, 0.3) is 0 Å². The molecular weight excluding hydrogens is 318 g/mol. The summed E-state index contributed by atoms with van der Waals surface area (Å²) in [5.41, 5.74) is 1.26. The number of aliphatic carboxylic acids is 1. The highest BCUT2D eigenvalue weighted by Crippen LogP contribution is 2.15. The molecule has 0 bridgehead atoms. The van der Waals surface area contributed by atoms with Gasteiger partial charge in [0, 0.05) is 24.1 Å². The SMILES string of the molecule is O=C(O)CCCCCNC(=O)c1ccccc1C(=O)c1ccccc1. The number of benzene rings is 2. The van der Waals surface area contributed by atoms with Gasteiger partial charge in [-0.1, -0.05) is 55.0 Å². The molecule has 2 aromatic carbocycles. The van der Waals surface area contributed by atoms with Crippen molar-refractivity contribution in [3.05, 3.63) is 71.3 Å². The minimum atomic E-state index is -0.808. The van der Waals surface area contributed by atoms with Gasteiger partial charge in [0.05, 0.1) is 5.56 Å². The summed E-state index contributed by atoms with van der Waals surface area (Å²) in [5, 5.41) is 11.4. The van der Waals surface area contributed by atoms with Crippen molar-refractivity contribution in [2.75, 3.05) is 6.54 Å². The Balaban J connectivity index is 1.96. The van der Waals surface area contributed by atoms with E-state index in [1.54, 1.807) is 48.5 Å². The lowest BCUT2D eigenvalue weighted by atomic mass is 9.98. The first-order valence-electron chi connectivity index (χ1n) is 8.28. The summed E-state index contributed by atoms with van der Waals surface area (Å²) in [7, 11) is 0. The molecule has 0 spiro atoms. The zero-order valence-corrected chi connectivity index (χ0v) is 13.9. The van der Waals surface area contributed by atoms with Gasteiger partial charge in [0.1, 0.15) is 0 Å². The van der Waals surface area contributed by atoms with Gasteiger partial charge in [-0.05, 0) is 18.9 Å². The third-order valence-electron chi connectivity index (χ3n) is 3.81. The Morgan fingerprint density at radius 2 is 1.44 bits per heavy atom. The predicted molar refractivity (Wildman–Crippen MR) is 94.8 cm³/mol. The number of rotatable bonds is 9. The van der Waals surface area contributed by atoms with Crippen molar-refractivity contribution in [1.82, 2.24) is 5.32 Å². The highest BCUT2D eigenvalue weighted by Gasteiger charge is 2.17. The van der Waals surface area contributed by atoms with E-state index < -0.39 is 5.97 Å². The second-order valence-corrected chi connectivity index (χ2v) is 5.70. The summed E-state index contributed by atoms with van der Waals surface area (Å²) in [6.45, 7) is 0.451. The maximum Gasteiger partial charge on any atom is 0.303 e. The number of carboxylic acid groups (broad SMARTS) is 1. The summed E-state index contributed by atoms with van der Waals surface area (Å²) in [6, 6.07) is 15.6. The minimum Gasteiger partial charge on any atom is -0.481 e. The van der Waals surface area contributed by atoms with Crippen LogP contribution in [0.5, 0.6) is 0 Å². The third-order valence-corrected chi connectivity index (χ3v) is 3.81. The molecule has 0 aliphatic heterocycles. The van der Waals surface area contributed by atoms with E-state index in [2.05, 4.69) is 5.32 Å². The number of hydrogen-bond acceptors (Lipinski definition) is 3. The number of carbonyl (C=O) groups is 3. The highest BCUT2D eigenvalue weighted by molar-refractivity contribution is 6.15. The molecule has 0 heterocycles. The van der Waals surface area contributed by atoms with Crippen molar-refractivity contribution >= 4 is 17.7 Å².